The number of hydrogen-bond acceptors (Lipinski definition) is 5. The molecule has 116 valence electrons. The van der Waals surface area contributed by atoms with Gasteiger partial charge in [-0.15, -0.1) is 0 Å². The Morgan fingerprint density at radius 3 is 2.68 bits per heavy atom. The molecule has 0 unspecified atom stereocenters. The van der Waals surface area contributed by atoms with E-state index in [1.165, 1.54) is 6.20 Å². The third-order valence-corrected chi connectivity index (χ3v) is 3.67. The average Bonchev–Trinajstić information content (AvgIpc) is 2.51. The molecule has 2 N–H and O–H groups in total. The Balaban J connectivity index is 2.09. The van der Waals surface area contributed by atoms with E-state index in [1.807, 2.05) is 20.0 Å². The number of carbonyl (C=O) groups excluding carboxylic acids is 1. The average molecular weight is 300 g/mol. The van der Waals surface area contributed by atoms with Gasteiger partial charge in [-0.2, -0.15) is 5.26 Å². The number of piperazine rings is 1. The number of phenolic OH excluding ortho intramolecular Hbond substituents is 1. The van der Waals surface area contributed by atoms with Crippen LogP contribution in [0.3, 0.4) is 0 Å². The first-order valence-electron chi connectivity index (χ1n) is 7.15. The molecule has 6 nitrogen and oxygen atoms in total. The van der Waals surface area contributed by atoms with Gasteiger partial charge in [0.05, 0.1) is 5.69 Å². The van der Waals surface area contributed by atoms with E-state index in [4.69, 9.17) is 0 Å². The fourth-order valence-electron chi connectivity index (χ4n) is 2.24. The second-order valence-electron chi connectivity index (χ2n) is 5.43. The van der Waals surface area contributed by atoms with Crippen molar-refractivity contribution in [2.24, 2.45) is 0 Å². The van der Waals surface area contributed by atoms with Gasteiger partial charge in [0.1, 0.15) is 17.4 Å². The lowest BCUT2D eigenvalue weighted by atomic mass is 10.2. The summed E-state index contributed by atoms with van der Waals surface area (Å²) in [6, 6.07) is 7.03. The number of hydrogen-bond donors (Lipinski definition) is 2. The number of nitriles is 1. The molecule has 0 atom stereocenters. The number of likely N-dealkylation sites (N-methyl/N-ethyl adjacent to an activating group) is 1. The van der Waals surface area contributed by atoms with Gasteiger partial charge in [-0.25, -0.2) is 0 Å². The van der Waals surface area contributed by atoms with Crippen LogP contribution in [-0.4, -0.2) is 54.0 Å². The van der Waals surface area contributed by atoms with Crippen LogP contribution in [0.5, 0.6) is 5.75 Å². The second kappa shape index (κ2) is 6.96. The molecule has 0 bridgehead atoms. The van der Waals surface area contributed by atoms with E-state index in [1.54, 1.807) is 23.1 Å². The molecule has 1 heterocycles. The van der Waals surface area contributed by atoms with Crippen molar-refractivity contribution >= 4 is 11.6 Å². The Bertz CT molecular complexity index is 626. The number of aromatic hydroxyl groups is 1. The molecule has 1 saturated heterocycles. The maximum absolute atomic E-state index is 12.3. The number of amides is 1. The lowest BCUT2D eigenvalue weighted by Gasteiger charge is -2.32. The maximum Gasteiger partial charge on any atom is 0.266 e. The lowest BCUT2D eigenvalue weighted by molar-refractivity contribution is -0.128. The summed E-state index contributed by atoms with van der Waals surface area (Å²) in [7, 11) is 2.00. The molecule has 1 aliphatic rings. The molecule has 6 heteroatoms. The van der Waals surface area contributed by atoms with Gasteiger partial charge < -0.3 is 20.2 Å². The van der Waals surface area contributed by atoms with Crippen LogP contribution in [0.15, 0.2) is 30.0 Å². The molecule has 2 rings (SSSR count). The predicted octanol–water partition coefficient (Wildman–Crippen LogP) is 1.29. The number of nitrogens with zero attached hydrogens (tertiary/aromatic N) is 3. The van der Waals surface area contributed by atoms with Gasteiger partial charge in [-0.1, -0.05) is 6.07 Å². The molecule has 1 amide bonds. The van der Waals surface area contributed by atoms with Gasteiger partial charge in [-0.05, 0) is 31.7 Å². The Kier molecular flexibility index (Phi) is 5.02. The van der Waals surface area contributed by atoms with Gasteiger partial charge in [-0.3, -0.25) is 4.79 Å². The molecular formula is C16H20N4O2. The highest BCUT2D eigenvalue weighted by Crippen LogP contribution is 2.24. The van der Waals surface area contributed by atoms with E-state index in [2.05, 4.69) is 10.2 Å². The van der Waals surface area contributed by atoms with Crippen LogP contribution in [0.25, 0.3) is 0 Å². The summed E-state index contributed by atoms with van der Waals surface area (Å²) >= 11 is 0. The van der Waals surface area contributed by atoms with Crippen LogP contribution in [0.1, 0.15) is 5.56 Å². The fraction of sp³-hybridized carbons (Fsp3) is 0.375. The molecule has 22 heavy (non-hydrogen) atoms. The summed E-state index contributed by atoms with van der Waals surface area (Å²) in [5.74, 6) is -0.207. The SMILES string of the molecule is Cc1ccc(O)c(N/C=C(/C#N)C(=O)N2CCN(C)CC2)c1. The van der Waals surface area contributed by atoms with Crippen molar-refractivity contribution in [3.05, 3.63) is 35.5 Å². The minimum atomic E-state index is -0.282. The molecular weight excluding hydrogens is 280 g/mol. The van der Waals surface area contributed by atoms with E-state index in [0.717, 1.165) is 18.7 Å². The fourth-order valence-corrected chi connectivity index (χ4v) is 2.24. The molecule has 0 radical (unpaired) electrons. The minimum Gasteiger partial charge on any atom is -0.506 e. The third-order valence-electron chi connectivity index (χ3n) is 3.67. The summed E-state index contributed by atoms with van der Waals surface area (Å²) in [6.07, 6.45) is 1.36. The van der Waals surface area contributed by atoms with Crippen molar-refractivity contribution in [3.8, 4) is 11.8 Å². The van der Waals surface area contributed by atoms with Crippen LogP contribution in [-0.2, 0) is 4.79 Å². The first kappa shape index (κ1) is 15.9. The molecule has 0 aliphatic carbocycles. The zero-order valence-corrected chi connectivity index (χ0v) is 12.8. The van der Waals surface area contributed by atoms with Crippen molar-refractivity contribution in [1.29, 1.82) is 5.26 Å². The van der Waals surface area contributed by atoms with Crippen molar-refractivity contribution in [3.63, 3.8) is 0 Å². The second-order valence-corrected chi connectivity index (χ2v) is 5.43. The Morgan fingerprint density at radius 1 is 1.36 bits per heavy atom. The van der Waals surface area contributed by atoms with E-state index in [9.17, 15) is 15.2 Å². The zero-order chi connectivity index (χ0) is 16.1. The smallest absolute Gasteiger partial charge is 0.266 e. The molecule has 1 aromatic rings. The largest absolute Gasteiger partial charge is 0.506 e. The van der Waals surface area contributed by atoms with Crippen LogP contribution in [0.4, 0.5) is 5.69 Å². The maximum atomic E-state index is 12.3. The molecule has 0 aromatic heterocycles. The number of carbonyl (C=O) groups is 1. The number of anilines is 1. The Morgan fingerprint density at radius 2 is 2.05 bits per heavy atom. The predicted molar refractivity (Wildman–Crippen MR) is 84.2 cm³/mol. The summed E-state index contributed by atoms with van der Waals surface area (Å²) in [6.45, 7) is 4.73. The minimum absolute atomic E-state index is 0.0328. The monoisotopic (exact) mass is 300 g/mol. The van der Waals surface area contributed by atoms with Crippen molar-refractivity contribution < 1.29 is 9.90 Å². The van der Waals surface area contributed by atoms with E-state index in [0.29, 0.717) is 18.8 Å². The quantitative estimate of drug-likeness (QED) is 0.499. The van der Waals surface area contributed by atoms with Gasteiger partial charge in [0, 0.05) is 32.4 Å². The van der Waals surface area contributed by atoms with E-state index in [-0.39, 0.29) is 17.2 Å². The first-order valence-corrected chi connectivity index (χ1v) is 7.15. The number of nitrogens with one attached hydrogen (secondary N) is 1. The summed E-state index contributed by atoms with van der Waals surface area (Å²) in [5, 5.41) is 21.8. The number of aryl methyl sites for hydroxylation is 1. The van der Waals surface area contributed by atoms with Crippen LogP contribution >= 0.6 is 0 Å². The third kappa shape index (κ3) is 3.77. The first-order chi connectivity index (χ1) is 10.5. The van der Waals surface area contributed by atoms with Crippen molar-refractivity contribution in [2.45, 2.75) is 6.92 Å². The highest BCUT2D eigenvalue weighted by molar-refractivity contribution is 5.97. The Labute approximate surface area is 130 Å². The van der Waals surface area contributed by atoms with Gasteiger partial charge in [0.15, 0.2) is 0 Å². The summed E-state index contributed by atoms with van der Waals surface area (Å²) in [5.41, 5.74) is 1.47. The molecule has 1 aliphatic heterocycles. The normalized spacial score (nSPS) is 16.2. The van der Waals surface area contributed by atoms with Crippen LogP contribution in [0, 0.1) is 18.3 Å². The standard InChI is InChI=1S/C16H20N4O2/c1-12-3-4-15(21)14(9-12)18-11-13(10-17)16(22)20-7-5-19(2)6-8-20/h3-4,9,11,18,21H,5-8H2,1-2H3/b13-11-. The summed E-state index contributed by atoms with van der Waals surface area (Å²) in [4.78, 5) is 16.1. The van der Waals surface area contributed by atoms with Crippen molar-refractivity contribution in [2.75, 3.05) is 38.5 Å². The van der Waals surface area contributed by atoms with E-state index >= 15 is 0 Å². The Hall–Kier alpha value is -2.52. The highest BCUT2D eigenvalue weighted by atomic mass is 16.3. The summed E-state index contributed by atoms with van der Waals surface area (Å²) < 4.78 is 0. The topological polar surface area (TPSA) is 79.6 Å². The van der Waals surface area contributed by atoms with Gasteiger partial charge >= 0.3 is 0 Å². The number of benzene rings is 1. The highest BCUT2D eigenvalue weighted by Gasteiger charge is 2.22. The molecule has 0 saturated carbocycles. The number of phenols is 1. The van der Waals surface area contributed by atoms with E-state index < -0.39 is 0 Å². The lowest BCUT2D eigenvalue weighted by Crippen LogP contribution is -2.47. The number of rotatable bonds is 3. The zero-order valence-electron chi connectivity index (χ0n) is 12.8. The molecule has 1 fully saturated rings. The molecule has 1 aromatic carbocycles. The van der Waals surface area contributed by atoms with Gasteiger partial charge in [0.2, 0.25) is 0 Å². The van der Waals surface area contributed by atoms with Crippen molar-refractivity contribution in [1.82, 2.24) is 9.80 Å². The van der Waals surface area contributed by atoms with Crippen LogP contribution < -0.4 is 5.32 Å². The molecule has 0 spiro atoms. The van der Waals surface area contributed by atoms with Gasteiger partial charge in [0.25, 0.3) is 5.91 Å². The van der Waals surface area contributed by atoms with Crippen LogP contribution in [0.2, 0.25) is 0 Å².